The molecule has 4 nitrogen and oxygen atoms in total. The largest absolute Gasteiger partial charge is 0.493 e. The van der Waals surface area contributed by atoms with Crippen molar-refractivity contribution in [2.24, 2.45) is 0 Å². The lowest BCUT2D eigenvalue weighted by Gasteiger charge is -2.14. The van der Waals surface area contributed by atoms with Crippen molar-refractivity contribution in [2.75, 3.05) is 6.61 Å². The second-order valence-electron chi connectivity index (χ2n) is 4.57. The van der Waals surface area contributed by atoms with Crippen LogP contribution >= 0.6 is 0 Å². The third-order valence-electron chi connectivity index (χ3n) is 2.82. The number of carboxylic acids is 1. The second-order valence-corrected chi connectivity index (χ2v) is 4.57. The molecule has 1 fully saturated rings. The van der Waals surface area contributed by atoms with Crippen LogP contribution in [0.4, 0.5) is 8.78 Å². The summed E-state index contributed by atoms with van der Waals surface area (Å²) in [7, 11) is 0. The number of ether oxygens (including phenoxy) is 1. The average Bonchev–Trinajstić information content (AvgIpc) is 3.10. The van der Waals surface area contributed by atoms with E-state index in [2.05, 4.69) is 5.32 Å². The van der Waals surface area contributed by atoms with E-state index in [4.69, 9.17) is 9.84 Å². The molecule has 1 unspecified atom stereocenters. The van der Waals surface area contributed by atoms with E-state index in [1.807, 2.05) is 0 Å². The van der Waals surface area contributed by atoms with Crippen molar-refractivity contribution < 1.29 is 23.4 Å². The van der Waals surface area contributed by atoms with Gasteiger partial charge in [0, 0.05) is 30.7 Å². The Morgan fingerprint density at radius 1 is 1.37 bits per heavy atom. The number of nitrogens with one attached hydrogen (secondary N) is 1. The highest BCUT2D eigenvalue weighted by molar-refractivity contribution is 5.73. The van der Waals surface area contributed by atoms with Crippen LogP contribution in [0.5, 0.6) is 5.75 Å². The summed E-state index contributed by atoms with van der Waals surface area (Å²) in [6, 6.07) is 2.46. The van der Waals surface area contributed by atoms with Gasteiger partial charge in [-0.1, -0.05) is 0 Å². The van der Waals surface area contributed by atoms with E-state index in [1.165, 1.54) is 0 Å². The first kappa shape index (κ1) is 13.7. The van der Waals surface area contributed by atoms with Gasteiger partial charge < -0.3 is 15.2 Å². The zero-order chi connectivity index (χ0) is 13.8. The van der Waals surface area contributed by atoms with E-state index in [9.17, 15) is 13.6 Å². The van der Waals surface area contributed by atoms with Crippen molar-refractivity contribution in [3.8, 4) is 5.75 Å². The molecule has 19 heavy (non-hydrogen) atoms. The molecule has 0 radical (unpaired) electrons. The predicted molar refractivity (Wildman–Crippen MR) is 64.1 cm³/mol. The molecule has 0 bridgehead atoms. The molecule has 0 saturated heterocycles. The van der Waals surface area contributed by atoms with Crippen LogP contribution in [0.3, 0.4) is 0 Å². The summed E-state index contributed by atoms with van der Waals surface area (Å²) in [5, 5.41) is 12.0. The Bertz CT molecular complexity index is 443. The molecule has 0 spiro atoms. The van der Waals surface area contributed by atoms with Gasteiger partial charge in [-0.15, -0.1) is 0 Å². The van der Waals surface area contributed by atoms with Gasteiger partial charge in [-0.3, -0.25) is 4.79 Å². The number of rotatable bonds is 7. The predicted octanol–water partition coefficient (Wildman–Crippen LogP) is 1.94. The molecular formula is C13H15F2NO3. The molecule has 6 heteroatoms. The number of hydrogen-bond donors (Lipinski definition) is 2. The van der Waals surface area contributed by atoms with Gasteiger partial charge in [-0.05, 0) is 12.8 Å². The number of hydrogen-bond acceptors (Lipinski definition) is 3. The monoisotopic (exact) mass is 271 g/mol. The molecule has 2 N–H and O–H groups in total. The summed E-state index contributed by atoms with van der Waals surface area (Å²) in [6.45, 7) is 0.0829. The van der Waals surface area contributed by atoms with E-state index in [0.29, 0.717) is 0 Å². The first-order valence-electron chi connectivity index (χ1n) is 6.12. The molecule has 0 amide bonds. The number of halogens is 2. The van der Waals surface area contributed by atoms with Gasteiger partial charge in [0.25, 0.3) is 0 Å². The quantitative estimate of drug-likeness (QED) is 0.795. The molecule has 0 aliphatic heterocycles. The average molecular weight is 271 g/mol. The summed E-state index contributed by atoms with van der Waals surface area (Å²) in [5.41, 5.74) is 0. The van der Waals surface area contributed by atoms with Crippen LogP contribution in [0.1, 0.15) is 19.3 Å². The Morgan fingerprint density at radius 3 is 2.53 bits per heavy atom. The number of carboxylic acid groups (broad SMARTS) is 1. The summed E-state index contributed by atoms with van der Waals surface area (Å²) in [5.74, 6) is -2.32. The molecule has 2 rings (SSSR count). The van der Waals surface area contributed by atoms with Crippen LogP contribution in [-0.2, 0) is 4.79 Å². The lowest BCUT2D eigenvalue weighted by atomic mass is 10.2. The Morgan fingerprint density at radius 2 is 2.00 bits per heavy atom. The maximum atomic E-state index is 12.9. The lowest BCUT2D eigenvalue weighted by molar-refractivity contribution is -0.139. The van der Waals surface area contributed by atoms with E-state index in [1.54, 1.807) is 0 Å². The van der Waals surface area contributed by atoms with Crippen LogP contribution in [0.15, 0.2) is 18.2 Å². The zero-order valence-corrected chi connectivity index (χ0v) is 10.2. The number of aliphatic carboxylic acids is 1. The summed E-state index contributed by atoms with van der Waals surface area (Å²) < 4.78 is 31.0. The van der Waals surface area contributed by atoms with E-state index < -0.39 is 23.6 Å². The van der Waals surface area contributed by atoms with E-state index in [-0.39, 0.29) is 24.8 Å². The number of carbonyl (C=O) groups is 1. The summed E-state index contributed by atoms with van der Waals surface area (Å²) in [6.07, 6.45) is 2.21. The highest BCUT2D eigenvalue weighted by Gasteiger charge is 2.27. The van der Waals surface area contributed by atoms with E-state index >= 15 is 0 Å². The maximum Gasteiger partial charge on any atom is 0.320 e. The molecule has 1 aliphatic rings. The number of benzene rings is 1. The molecule has 1 atom stereocenters. The van der Waals surface area contributed by atoms with Crippen molar-refractivity contribution >= 4 is 5.97 Å². The Labute approximate surface area is 109 Å². The van der Waals surface area contributed by atoms with Crippen LogP contribution in [0, 0.1) is 11.6 Å². The van der Waals surface area contributed by atoms with Gasteiger partial charge in [0.2, 0.25) is 0 Å². The first-order valence-corrected chi connectivity index (χ1v) is 6.12. The van der Waals surface area contributed by atoms with Crippen LogP contribution in [0.2, 0.25) is 0 Å². The first-order chi connectivity index (χ1) is 9.04. The SMILES string of the molecule is O=C(O)C(CCOc1cc(F)cc(F)c1)NC1CC1. The third-order valence-corrected chi connectivity index (χ3v) is 2.82. The molecule has 1 aliphatic carbocycles. The highest BCUT2D eigenvalue weighted by atomic mass is 19.1. The fourth-order valence-electron chi connectivity index (χ4n) is 1.72. The van der Waals surface area contributed by atoms with E-state index in [0.717, 1.165) is 31.0 Å². The molecule has 0 heterocycles. The lowest BCUT2D eigenvalue weighted by Crippen LogP contribution is -2.39. The van der Waals surface area contributed by atoms with Gasteiger partial charge >= 0.3 is 5.97 Å². The summed E-state index contributed by atoms with van der Waals surface area (Å²) in [4.78, 5) is 11.0. The van der Waals surface area contributed by atoms with Crippen molar-refractivity contribution in [2.45, 2.75) is 31.3 Å². The van der Waals surface area contributed by atoms with Crippen molar-refractivity contribution in [1.82, 2.24) is 5.32 Å². The third kappa shape index (κ3) is 4.48. The second kappa shape index (κ2) is 5.97. The van der Waals surface area contributed by atoms with Gasteiger partial charge in [0.05, 0.1) is 6.61 Å². The fraction of sp³-hybridized carbons (Fsp3) is 0.462. The minimum Gasteiger partial charge on any atom is -0.493 e. The molecule has 1 saturated carbocycles. The minimum atomic E-state index is -0.944. The van der Waals surface area contributed by atoms with Crippen LogP contribution in [0.25, 0.3) is 0 Å². The summed E-state index contributed by atoms with van der Waals surface area (Å²) >= 11 is 0. The fourth-order valence-corrected chi connectivity index (χ4v) is 1.72. The smallest absolute Gasteiger partial charge is 0.320 e. The molecule has 1 aromatic rings. The van der Waals surface area contributed by atoms with Gasteiger partial charge in [-0.2, -0.15) is 0 Å². The molecule has 104 valence electrons. The normalized spacial score (nSPS) is 16.1. The van der Waals surface area contributed by atoms with Crippen LogP contribution in [-0.4, -0.2) is 29.8 Å². The Hall–Kier alpha value is -1.69. The highest BCUT2D eigenvalue weighted by Crippen LogP contribution is 2.20. The Kier molecular flexibility index (Phi) is 4.31. The topological polar surface area (TPSA) is 58.6 Å². The van der Waals surface area contributed by atoms with Gasteiger partial charge in [0.15, 0.2) is 0 Å². The maximum absolute atomic E-state index is 12.9. The molecule has 1 aromatic carbocycles. The standard InChI is InChI=1S/C13H15F2NO3/c14-8-5-9(15)7-11(6-8)19-4-3-12(13(17)18)16-10-1-2-10/h5-7,10,12,16H,1-4H2,(H,17,18). The molecule has 0 aromatic heterocycles. The van der Waals surface area contributed by atoms with Crippen molar-refractivity contribution in [1.29, 1.82) is 0 Å². The van der Waals surface area contributed by atoms with Gasteiger partial charge in [0.1, 0.15) is 23.4 Å². The molecular weight excluding hydrogens is 256 g/mol. The van der Waals surface area contributed by atoms with Crippen molar-refractivity contribution in [3.63, 3.8) is 0 Å². The van der Waals surface area contributed by atoms with Crippen molar-refractivity contribution in [3.05, 3.63) is 29.8 Å². The minimum absolute atomic E-state index is 0.0630. The van der Waals surface area contributed by atoms with Gasteiger partial charge in [-0.25, -0.2) is 8.78 Å². The Balaban J connectivity index is 1.81. The van der Waals surface area contributed by atoms with Crippen LogP contribution < -0.4 is 10.1 Å². The zero-order valence-electron chi connectivity index (χ0n) is 10.2.